The molecular formula is C17H16N6. The first-order valence-electron chi connectivity index (χ1n) is 7.38. The van der Waals surface area contributed by atoms with E-state index in [1.54, 1.807) is 0 Å². The molecule has 0 spiro atoms. The lowest BCUT2D eigenvalue weighted by Crippen LogP contribution is -1.90. The van der Waals surface area contributed by atoms with Gasteiger partial charge >= 0.3 is 0 Å². The van der Waals surface area contributed by atoms with E-state index in [1.807, 2.05) is 50.4 Å². The number of hydrogen-bond donors (Lipinski definition) is 1. The van der Waals surface area contributed by atoms with Gasteiger partial charge in [-0.25, -0.2) is 4.98 Å². The van der Waals surface area contributed by atoms with Crippen LogP contribution in [-0.2, 0) is 7.05 Å². The van der Waals surface area contributed by atoms with E-state index in [0.29, 0.717) is 0 Å². The number of aromatic amines is 1. The normalized spacial score (nSPS) is 11.3. The molecule has 23 heavy (non-hydrogen) atoms. The van der Waals surface area contributed by atoms with Crippen LogP contribution in [0.5, 0.6) is 0 Å². The summed E-state index contributed by atoms with van der Waals surface area (Å²) in [7, 11) is 1.93. The van der Waals surface area contributed by atoms with Crippen LogP contribution in [0.25, 0.3) is 33.4 Å². The highest BCUT2D eigenvalue weighted by Gasteiger charge is 2.16. The molecule has 0 atom stereocenters. The highest BCUT2D eigenvalue weighted by atomic mass is 15.3. The molecule has 0 aliphatic carbocycles. The van der Waals surface area contributed by atoms with Crippen molar-refractivity contribution in [3.63, 3.8) is 0 Å². The first-order chi connectivity index (χ1) is 11.1. The average Bonchev–Trinajstić information content (AvgIpc) is 3.12. The zero-order valence-electron chi connectivity index (χ0n) is 13.2. The van der Waals surface area contributed by atoms with Crippen molar-refractivity contribution in [2.24, 2.45) is 7.05 Å². The minimum Gasteiger partial charge on any atom is -0.275 e. The van der Waals surface area contributed by atoms with E-state index in [-0.39, 0.29) is 0 Å². The molecule has 0 aliphatic rings. The molecule has 1 N–H and O–H groups in total. The maximum atomic E-state index is 4.64. The Morgan fingerprint density at radius 1 is 1.04 bits per heavy atom. The van der Waals surface area contributed by atoms with Gasteiger partial charge in [0.05, 0.1) is 6.20 Å². The predicted molar refractivity (Wildman–Crippen MR) is 88.8 cm³/mol. The maximum Gasteiger partial charge on any atom is 0.155 e. The number of nitrogens with one attached hydrogen (secondary N) is 1. The second-order valence-electron chi connectivity index (χ2n) is 5.76. The largest absolute Gasteiger partial charge is 0.275 e. The molecule has 0 radical (unpaired) electrons. The lowest BCUT2D eigenvalue weighted by molar-refractivity contribution is 0.771. The SMILES string of the molecule is Cc1cncc(-c2nn(C)cc2-c2cc(C)nc3[nH]ncc23)c1. The summed E-state index contributed by atoms with van der Waals surface area (Å²) in [6, 6.07) is 4.17. The molecule has 4 aromatic heterocycles. The molecule has 6 nitrogen and oxygen atoms in total. The molecule has 0 bridgehead atoms. The summed E-state index contributed by atoms with van der Waals surface area (Å²) in [5, 5.41) is 12.7. The van der Waals surface area contributed by atoms with Gasteiger partial charge in [0, 0.05) is 47.8 Å². The van der Waals surface area contributed by atoms with Crippen LogP contribution in [0.15, 0.2) is 36.9 Å². The lowest BCUT2D eigenvalue weighted by atomic mass is 10.00. The van der Waals surface area contributed by atoms with Crippen LogP contribution in [0, 0.1) is 13.8 Å². The summed E-state index contributed by atoms with van der Waals surface area (Å²) in [6.07, 6.45) is 7.53. The van der Waals surface area contributed by atoms with Crippen molar-refractivity contribution >= 4 is 11.0 Å². The summed E-state index contributed by atoms with van der Waals surface area (Å²) in [6.45, 7) is 4.01. The lowest BCUT2D eigenvalue weighted by Gasteiger charge is -2.06. The third-order valence-electron chi connectivity index (χ3n) is 3.82. The summed E-state index contributed by atoms with van der Waals surface area (Å²) >= 11 is 0. The standard InChI is InChI=1S/C17H16N6/c1-10-4-12(7-18-6-10)16-15(9-23(3)22-16)13-5-11(2)20-17-14(13)8-19-21-17/h4-9H,1-3H3,(H,19,20,21). The number of hydrogen-bond acceptors (Lipinski definition) is 4. The molecule has 0 amide bonds. The second kappa shape index (κ2) is 5.01. The summed E-state index contributed by atoms with van der Waals surface area (Å²) < 4.78 is 1.83. The van der Waals surface area contributed by atoms with Gasteiger partial charge in [-0.1, -0.05) is 0 Å². The van der Waals surface area contributed by atoms with Gasteiger partial charge in [0.1, 0.15) is 5.69 Å². The first-order valence-corrected chi connectivity index (χ1v) is 7.38. The number of aromatic nitrogens is 6. The van der Waals surface area contributed by atoms with E-state index in [0.717, 1.165) is 44.7 Å². The second-order valence-corrected chi connectivity index (χ2v) is 5.76. The van der Waals surface area contributed by atoms with Gasteiger partial charge < -0.3 is 0 Å². The van der Waals surface area contributed by atoms with Crippen molar-refractivity contribution < 1.29 is 0 Å². The third kappa shape index (κ3) is 2.28. The number of pyridine rings is 2. The van der Waals surface area contributed by atoms with E-state index < -0.39 is 0 Å². The number of H-pyrrole nitrogens is 1. The topological polar surface area (TPSA) is 72.3 Å². The fourth-order valence-electron chi connectivity index (χ4n) is 2.86. The van der Waals surface area contributed by atoms with Gasteiger partial charge in [-0.3, -0.25) is 14.8 Å². The Morgan fingerprint density at radius 2 is 1.91 bits per heavy atom. The van der Waals surface area contributed by atoms with Gasteiger partial charge in [-0.15, -0.1) is 0 Å². The predicted octanol–water partition coefficient (Wildman–Crippen LogP) is 3.04. The van der Waals surface area contributed by atoms with Crippen molar-refractivity contribution in [2.75, 3.05) is 0 Å². The number of fused-ring (bicyclic) bond motifs is 1. The summed E-state index contributed by atoms with van der Waals surface area (Å²) in [4.78, 5) is 8.78. The van der Waals surface area contributed by atoms with Gasteiger partial charge in [-0.05, 0) is 37.1 Å². The number of nitrogens with zero attached hydrogens (tertiary/aromatic N) is 5. The third-order valence-corrected chi connectivity index (χ3v) is 3.82. The van der Waals surface area contributed by atoms with Crippen LogP contribution >= 0.6 is 0 Å². The highest BCUT2D eigenvalue weighted by Crippen LogP contribution is 2.34. The average molecular weight is 304 g/mol. The molecule has 0 saturated carbocycles. The zero-order valence-corrected chi connectivity index (χ0v) is 13.2. The van der Waals surface area contributed by atoms with E-state index in [2.05, 4.69) is 37.4 Å². The summed E-state index contributed by atoms with van der Waals surface area (Å²) in [5.74, 6) is 0. The van der Waals surface area contributed by atoms with Crippen molar-refractivity contribution in [1.29, 1.82) is 0 Å². The molecule has 0 unspecified atom stereocenters. The minimum atomic E-state index is 0.789. The molecule has 4 aromatic rings. The molecule has 0 aromatic carbocycles. The van der Waals surface area contributed by atoms with E-state index in [1.165, 1.54) is 0 Å². The molecular weight excluding hydrogens is 288 g/mol. The smallest absolute Gasteiger partial charge is 0.155 e. The van der Waals surface area contributed by atoms with E-state index in [9.17, 15) is 0 Å². The van der Waals surface area contributed by atoms with Crippen LogP contribution in [0.1, 0.15) is 11.3 Å². The Bertz CT molecular complexity index is 1010. The number of aryl methyl sites for hydroxylation is 3. The molecule has 4 rings (SSSR count). The Hall–Kier alpha value is -3.02. The molecule has 0 fully saturated rings. The van der Waals surface area contributed by atoms with Crippen LogP contribution in [0.4, 0.5) is 0 Å². The van der Waals surface area contributed by atoms with Crippen LogP contribution in [0.3, 0.4) is 0 Å². The molecule has 0 saturated heterocycles. The summed E-state index contributed by atoms with van der Waals surface area (Å²) in [5.41, 5.74) is 6.88. The van der Waals surface area contributed by atoms with Gasteiger partial charge in [0.15, 0.2) is 5.65 Å². The van der Waals surface area contributed by atoms with Crippen LogP contribution < -0.4 is 0 Å². The van der Waals surface area contributed by atoms with Crippen molar-refractivity contribution in [3.8, 4) is 22.4 Å². The number of rotatable bonds is 2. The molecule has 0 aliphatic heterocycles. The fraction of sp³-hybridized carbons (Fsp3) is 0.176. The van der Waals surface area contributed by atoms with Crippen LogP contribution in [-0.4, -0.2) is 29.9 Å². The zero-order chi connectivity index (χ0) is 16.0. The Kier molecular flexibility index (Phi) is 2.97. The molecule has 114 valence electrons. The van der Waals surface area contributed by atoms with Crippen LogP contribution in [0.2, 0.25) is 0 Å². The van der Waals surface area contributed by atoms with Crippen molar-refractivity contribution in [1.82, 2.24) is 29.9 Å². The quantitative estimate of drug-likeness (QED) is 0.618. The monoisotopic (exact) mass is 304 g/mol. The van der Waals surface area contributed by atoms with E-state index in [4.69, 9.17) is 0 Å². The van der Waals surface area contributed by atoms with Gasteiger partial charge in [0.25, 0.3) is 0 Å². The molecule has 6 heteroatoms. The first kappa shape index (κ1) is 13.6. The Balaban J connectivity index is 2.01. The fourth-order valence-corrected chi connectivity index (χ4v) is 2.86. The Labute approximate surface area is 133 Å². The van der Waals surface area contributed by atoms with Gasteiger partial charge in [0.2, 0.25) is 0 Å². The Morgan fingerprint density at radius 3 is 2.74 bits per heavy atom. The minimum absolute atomic E-state index is 0.789. The van der Waals surface area contributed by atoms with Gasteiger partial charge in [-0.2, -0.15) is 10.2 Å². The van der Waals surface area contributed by atoms with E-state index >= 15 is 0 Å². The highest BCUT2D eigenvalue weighted by molar-refractivity contribution is 5.96. The van der Waals surface area contributed by atoms with Crippen molar-refractivity contribution in [2.45, 2.75) is 13.8 Å². The van der Waals surface area contributed by atoms with Crippen molar-refractivity contribution in [3.05, 3.63) is 48.2 Å². The molecule has 4 heterocycles. The maximum absolute atomic E-state index is 4.64.